The molecule has 1 aliphatic carbocycles. The van der Waals surface area contributed by atoms with Gasteiger partial charge in [-0.05, 0) is 19.8 Å². The summed E-state index contributed by atoms with van der Waals surface area (Å²) >= 11 is 1.21. The van der Waals surface area contributed by atoms with E-state index >= 15 is 0 Å². The summed E-state index contributed by atoms with van der Waals surface area (Å²) in [6.45, 7) is 1.85. The largest absolute Gasteiger partial charge is 0.465 e. The van der Waals surface area contributed by atoms with E-state index in [9.17, 15) is 4.79 Å². The van der Waals surface area contributed by atoms with Crippen LogP contribution >= 0.6 is 23.7 Å². The third-order valence-corrected chi connectivity index (χ3v) is 4.01. The van der Waals surface area contributed by atoms with Crippen molar-refractivity contribution in [2.24, 2.45) is 5.73 Å². The van der Waals surface area contributed by atoms with Gasteiger partial charge in [-0.25, -0.2) is 14.8 Å². The minimum atomic E-state index is -0.404. The molecule has 21 heavy (non-hydrogen) atoms. The molecule has 7 nitrogen and oxygen atoms in total. The Labute approximate surface area is 131 Å². The van der Waals surface area contributed by atoms with Crippen molar-refractivity contribution < 1.29 is 9.53 Å². The number of thiazole rings is 1. The number of rotatable bonds is 4. The lowest BCUT2D eigenvalue weighted by atomic mass is 10.3. The van der Waals surface area contributed by atoms with Crippen LogP contribution in [0.25, 0.3) is 5.13 Å². The number of carbonyl (C=O) groups is 1. The van der Waals surface area contributed by atoms with Crippen molar-refractivity contribution in [2.75, 3.05) is 7.11 Å². The van der Waals surface area contributed by atoms with E-state index < -0.39 is 5.97 Å². The molecule has 1 fully saturated rings. The minimum absolute atomic E-state index is 0. The fourth-order valence-corrected chi connectivity index (χ4v) is 2.64. The number of nitrogens with zero attached hydrogens (tertiary/aromatic N) is 4. The smallest absolute Gasteiger partial charge is 0.349 e. The van der Waals surface area contributed by atoms with Crippen molar-refractivity contribution in [3.05, 3.63) is 22.7 Å². The molecule has 0 aromatic carbocycles. The van der Waals surface area contributed by atoms with Gasteiger partial charge in [0.1, 0.15) is 4.88 Å². The molecular weight excluding hydrogens is 314 g/mol. The lowest BCUT2D eigenvalue weighted by Crippen LogP contribution is -2.13. The second-order valence-corrected chi connectivity index (χ2v) is 5.81. The third-order valence-electron chi connectivity index (χ3n) is 3.06. The van der Waals surface area contributed by atoms with E-state index in [1.54, 1.807) is 4.68 Å². The maximum atomic E-state index is 11.5. The van der Waals surface area contributed by atoms with Gasteiger partial charge < -0.3 is 10.5 Å². The Morgan fingerprint density at radius 3 is 2.86 bits per heavy atom. The van der Waals surface area contributed by atoms with E-state index in [4.69, 9.17) is 5.73 Å². The van der Waals surface area contributed by atoms with E-state index in [1.165, 1.54) is 24.6 Å². The summed E-state index contributed by atoms with van der Waals surface area (Å²) in [5.74, 6) is 1.51. The molecule has 1 unspecified atom stereocenters. The minimum Gasteiger partial charge on any atom is -0.465 e. The molecule has 3 rings (SSSR count). The number of hydrogen-bond acceptors (Lipinski definition) is 7. The first-order valence-corrected chi connectivity index (χ1v) is 7.18. The Hall–Kier alpha value is -1.51. The maximum Gasteiger partial charge on any atom is 0.349 e. The van der Waals surface area contributed by atoms with Crippen LogP contribution in [0.15, 0.2) is 6.20 Å². The first-order chi connectivity index (χ1) is 9.60. The summed E-state index contributed by atoms with van der Waals surface area (Å²) in [5, 5.41) is 5.06. The highest BCUT2D eigenvalue weighted by Gasteiger charge is 2.30. The third kappa shape index (κ3) is 3.07. The van der Waals surface area contributed by atoms with Crippen LogP contribution in [0.5, 0.6) is 0 Å². The summed E-state index contributed by atoms with van der Waals surface area (Å²) in [4.78, 5) is 20.6. The molecule has 114 valence electrons. The molecule has 2 aromatic heterocycles. The number of nitrogens with two attached hydrogens (primary N) is 1. The highest BCUT2D eigenvalue weighted by atomic mass is 35.5. The van der Waals surface area contributed by atoms with Crippen LogP contribution in [0.2, 0.25) is 0 Å². The second-order valence-electron chi connectivity index (χ2n) is 4.80. The van der Waals surface area contributed by atoms with Gasteiger partial charge in [0.15, 0.2) is 11.6 Å². The molecule has 2 aromatic rings. The molecular formula is C12H16ClN5O2S. The molecule has 0 aliphatic heterocycles. The number of methoxy groups -OCH3 is 1. The van der Waals surface area contributed by atoms with Crippen molar-refractivity contribution in [1.82, 2.24) is 19.7 Å². The van der Waals surface area contributed by atoms with E-state index in [-0.39, 0.29) is 18.4 Å². The Morgan fingerprint density at radius 1 is 1.57 bits per heavy atom. The molecule has 0 amide bonds. The Kier molecular flexibility index (Phi) is 4.60. The van der Waals surface area contributed by atoms with Crippen LogP contribution in [0.1, 0.15) is 53.0 Å². The number of halogens is 1. The molecule has 0 saturated heterocycles. The van der Waals surface area contributed by atoms with E-state index in [1.807, 2.05) is 6.92 Å². The molecule has 2 N–H and O–H groups in total. The highest BCUT2D eigenvalue weighted by molar-refractivity contribution is 7.15. The molecule has 1 aliphatic rings. The van der Waals surface area contributed by atoms with Gasteiger partial charge in [-0.15, -0.1) is 17.5 Å². The summed E-state index contributed by atoms with van der Waals surface area (Å²) in [7, 11) is 1.34. The quantitative estimate of drug-likeness (QED) is 0.860. The van der Waals surface area contributed by atoms with Crippen molar-refractivity contribution in [1.29, 1.82) is 0 Å². The predicted octanol–water partition coefficient (Wildman–Crippen LogP) is 1.83. The molecule has 0 spiro atoms. The monoisotopic (exact) mass is 329 g/mol. The highest BCUT2D eigenvalue weighted by Crippen LogP contribution is 2.38. The molecule has 0 bridgehead atoms. The molecule has 1 atom stereocenters. The summed E-state index contributed by atoms with van der Waals surface area (Å²) in [6, 6.07) is -0.250. The van der Waals surface area contributed by atoms with Crippen molar-refractivity contribution >= 4 is 29.7 Å². The normalized spacial score (nSPS) is 15.4. The topological polar surface area (TPSA) is 95.9 Å². The maximum absolute atomic E-state index is 11.5. The number of aromatic nitrogens is 4. The average molecular weight is 330 g/mol. The zero-order valence-corrected chi connectivity index (χ0v) is 13.3. The van der Waals surface area contributed by atoms with Crippen LogP contribution in [0.4, 0.5) is 0 Å². The summed E-state index contributed by atoms with van der Waals surface area (Å²) < 4.78 is 6.31. The van der Waals surface area contributed by atoms with Gasteiger partial charge in [-0.3, -0.25) is 0 Å². The van der Waals surface area contributed by atoms with Gasteiger partial charge in [0.05, 0.1) is 19.3 Å². The number of ether oxygens (including phenoxy) is 1. The van der Waals surface area contributed by atoms with Crippen molar-refractivity contribution in [2.45, 2.75) is 31.7 Å². The Morgan fingerprint density at radius 2 is 2.29 bits per heavy atom. The van der Waals surface area contributed by atoms with Crippen LogP contribution in [0.3, 0.4) is 0 Å². The molecule has 9 heteroatoms. The van der Waals surface area contributed by atoms with E-state index in [0.29, 0.717) is 21.8 Å². The van der Waals surface area contributed by atoms with Gasteiger partial charge in [0.25, 0.3) is 0 Å². The number of carbonyl (C=O) groups excluding carboxylic acids is 1. The fourth-order valence-electron chi connectivity index (χ4n) is 1.85. The molecule has 0 radical (unpaired) electrons. The SMILES string of the molecule is COC(=O)c1cnc(-n2nc(C3CC3)nc2C(C)N)s1.Cl. The lowest BCUT2D eigenvalue weighted by Gasteiger charge is -2.04. The number of esters is 1. The summed E-state index contributed by atoms with van der Waals surface area (Å²) in [5.41, 5.74) is 5.94. The van der Waals surface area contributed by atoms with Crippen molar-refractivity contribution in [3.8, 4) is 5.13 Å². The second kappa shape index (κ2) is 6.08. The van der Waals surface area contributed by atoms with E-state index in [0.717, 1.165) is 18.7 Å². The zero-order valence-electron chi connectivity index (χ0n) is 11.6. The van der Waals surface area contributed by atoms with Gasteiger partial charge in [0.2, 0.25) is 5.13 Å². The van der Waals surface area contributed by atoms with Gasteiger partial charge in [0, 0.05) is 5.92 Å². The Bertz CT molecular complexity index is 650. The Balaban J connectivity index is 0.00000161. The van der Waals surface area contributed by atoms with Gasteiger partial charge in [-0.2, -0.15) is 4.68 Å². The standard InChI is InChI=1S/C12H15N5O2S.ClH/c1-6(13)10-15-9(7-3-4-7)16-17(10)12-14-5-8(20-12)11(18)19-2;/h5-7H,3-4,13H2,1-2H3;1H. The van der Waals surface area contributed by atoms with Crippen LogP contribution in [-0.2, 0) is 4.74 Å². The average Bonchev–Trinajstić information content (AvgIpc) is 3.01. The zero-order chi connectivity index (χ0) is 14.3. The first-order valence-electron chi connectivity index (χ1n) is 6.37. The van der Waals surface area contributed by atoms with Crippen LogP contribution in [0, 0.1) is 0 Å². The number of hydrogen-bond donors (Lipinski definition) is 1. The fraction of sp³-hybridized carbons (Fsp3) is 0.500. The molecule has 1 saturated carbocycles. The van der Waals surface area contributed by atoms with Crippen LogP contribution < -0.4 is 5.73 Å². The summed E-state index contributed by atoms with van der Waals surface area (Å²) in [6.07, 6.45) is 3.72. The van der Waals surface area contributed by atoms with Gasteiger partial charge >= 0.3 is 5.97 Å². The van der Waals surface area contributed by atoms with E-state index in [2.05, 4.69) is 19.8 Å². The van der Waals surface area contributed by atoms with Crippen LogP contribution in [-0.4, -0.2) is 32.8 Å². The predicted molar refractivity (Wildman–Crippen MR) is 80.2 cm³/mol. The molecule has 2 heterocycles. The van der Waals surface area contributed by atoms with Crippen molar-refractivity contribution in [3.63, 3.8) is 0 Å². The van der Waals surface area contributed by atoms with Gasteiger partial charge in [-0.1, -0.05) is 11.3 Å². The first kappa shape index (κ1) is 15.9. The lowest BCUT2D eigenvalue weighted by molar-refractivity contribution is 0.0606.